The van der Waals surface area contributed by atoms with Gasteiger partial charge in [0.15, 0.2) is 0 Å². The Kier molecular flexibility index (Phi) is 4.51. The Morgan fingerprint density at radius 2 is 1.71 bits per heavy atom. The maximum absolute atomic E-state index is 3.42. The summed E-state index contributed by atoms with van der Waals surface area (Å²) in [7, 11) is 0. The van der Waals surface area contributed by atoms with Gasteiger partial charge in [-0.15, -0.1) is 0 Å². The molecule has 2 nitrogen and oxygen atoms in total. The van der Waals surface area contributed by atoms with E-state index < -0.39 is 0 Å². The zero-order valence-electron chi connectivity index (χ0n) is 12.7. The van der Waals surface area contributed by atoms with E-state index in [0.29, 0.717) is 0 Å². The predicted octanol–water partition coefficient (Wildman–Crippen LogP) is 3.86. The lowest BCUT2D eigenvalue weighted by Gasteiger charge is -2.31. The van der Waals surface area contributed by atoms with Crippen molar-refractivity contribution in [1.82, 2.24) is 5.32 Å². The van der Waals surface area contributed by atoms with Crippen LogP contribution < -0.4 is 10.2 Å². The summed E-state index contributed by atoms with van der Waals surface area (Å²) < 4.78 is 0. The van der Waals surface area contributed by atoms with Crippen molar-refractivity contribution in [3.05, 3.63) is 53.6 Å². The van der Waals surface area contributed by atoms with Crippen LogP contribution in [0.15, 0.2) is 52.3 Å². The minimum Gasteiger partial charge on any atom is -0.368 e. The van der Waals surface area contributed by atoms with Gasteiger partial charge in [-0.3, -0.25) is 0 Å². The minimum atomic E-state index is 1.07. The molecular formula is C18H22N2S. The summed E-state index contributed by atoms with van der Waals surface area (Å²) >= 11 is 1.88. The summed E-state index contributed by atoms with van der Waals surface area (Å²) in [5.74, 6) is 0. The van der Waals surface area contributed by atoms with Crippen molar-refractivity contribution in [3.8, 4) is 0 Å². The van der Waals surface area contributed by atoms with Crippen molar-refractivity contribution in [2.75, 3.05) is 31.1 Å². The van der Waals surface area contributed by atoms with Gasteiger partial charge in [0.05, 0.1) is 5.69 Å². The molecule has 1 heterocycles. The molecule has 21 heavy (non-hydrogen) atoms. The van der Waals surface area contributed by atoms with Gasteiger partial charge >= 0.3 is 0 Å². The fourth-order valence-corrected chi connectivity index (χ4v) is 3.78. The summed E-state index contributed by atoms with van der Waals surface area (Å²) in [6.45, 7) is 8.67. The van der Waals surface area contributed by atoms with Crippen molar-refractivity contribution < 1.29 is 0 Å². The number of anilines is 1. The van der Waals surface area contributed by atoms with Gasteiger partial charge in [-0.05, 0) is 37.6 Å². The molecule has 0 saturated carbocycles. The van der Waals surface area contributed by atoms with Crippen LogP contribution in [0.2, 0.25) is 0 Å². The molecule has 1 fully saturated rings. The minimum absolute atomic E-state index is 1.07. The quantitative estimate of drug-likeness (QED) is 0.927. The molecule has 2 aromatic carbocycles. The number of nitrogens with zero attached hydrogens (tertiary/aromatic N) is 1. The number of nitrogens with one attached hydrogen (secondary N) is 1. The van der Waals surface area contributed by atoms with Crippen LogP contribution in [-0.4, -0.2) is 26.2 Å². The van der Waals surface area contributed by atoms with E-state index >= 15 is 0 Å². The van der Waals surface area contributed by atoms with Crippen molar-refractivity contribution >= 4 is 17.4 Å². The number of hydrogen-bond acceptors (Lipinski definition) is 3. The maximum Gasteiger partial charge on any atom is 0.0508 e. The van der Waals surface area contributed by atoms with Crippen LogP contribution in [0.4, 0.5) is 5.69 Å². The molecule has 1 N–H and O–H groups in total. The zero-order chi connectivity index (χ0) is 14.7. The SMILES string of the molecule is Cc1ccc(S[13c]2[13cH][13cH][13cH][13cH][13c]2N2CCNCC2)c(C)c1. The first-order valence-corrected chi connectivity index (χ1v) is 8.35. The molecule has 0 radical (unpaired) electrons. The second-order valence-corrected chi connectivity index (χ2v) is 6.66. The molecule has 0 atom stereocenters. The second kappa shape index (κ2) is 6.54. The van der Waals surface area contributed by atoms with Crippen LogP contribution in [-0.2, 0) is 0 Å². The van der Waals surface area contributed by atoms with E-state index in [-0.39, 0.29) is 0 Å². The van der Waals surface area contributed by atoms with Crippen molar-refractivity contribution in [2.24, 2.45) is 0 Å². The lowest BCUT2D eigenvalue weighted by Crippen LogP contribution is -2.43. The lowest BCUT2D eigenvalue weighted by atomic mass is 10.2. The van der Waals surface area contributed by atoms with Gasteiger partial charge in [-0.25, -0.2) is 0 Å². The Labute approximate surface area is 131 Å². The molecule has 0 bridgehead atoms. The predicted molar refractivity (Wildman–Crippen MR) is 91.6 cm³/mol. The Hall–Kier alpha value is -1.45. The number of aryl methyl sites for hydroxylation is 2. The molecule has 0 aliphatic carbocycles. The molecule has 3 rings (SSSR count). The number of piperazine rings is 1. The molecule has 0 unspecified atom stereocenters. The lowest BCUT2D eigenvalue weighted by molar-refractivity contribution is 0.587. The number of rotatable bonds is 3. The summed E-state index contributed by atoms with van der Waals surface area (Å²) in [4.78, 5) is 5.19. The molecular weight excluding hydrogens is 282 g/mol. The first-order valence-electron chi connectivity index (χ1n) is 7.54. The molecule has 0 aromatic heterocycles. The van der Waals surface area contributed by atoms with Crippen LogP contribution >= 0.6 is 11.8 Å². The van der Waals surface area contributed by atoms with Gasteiger partial charge in [-0.2, -0.15) is 0 Å². The van der Waals surface area contributed by atoms with Gasteiger partial charge in [0, 0.05) is 36.0 Å². The summed E-state index contributed by atoms with van der Waals surface area (Å²) in [5, 5.41) is 3.42. The van der Waals surface area contributed by atoms with E-state index in [2.05, 4.69) is 66.5 Å². The Bertz CT molecular complexity index is 618. The third-order valence-electron chi connectivity index (χ3n) is 3.87. The molecule has 0 spiro atoms. The molecule has 2 aromatic rings. The highest BCUT2D eigenvalue weighted by atomic mass is 32.2. The average Bonchev–Trinajstić information content (AvgIpc) is 2.51. The highest BCUT2D eigenvalue weighted by molar-refractivity contribution is 7.99. The third-order valence-corrected chi connectivity index (χ3v) is 5.12. The van der Waals surface area contributed by atoms with Crippen LogP contribution in [0.3, 0.4) is 0 Å². The molecule has 1 saturated heterocycles. The van der Waals surface area contributed by atoms with Crippen LogP contribution in [0.5, 0.6) is 0 Å². The van der Waals surface area contributed by atoms with E-state index in [4.69, 9.17) is 0 Å². The van der Waals surface area contributed by atoms with Crippen LogP contribution in [0.1, 0.15) is 11.1 Å². The normalized spacial score (nSPS) is 15.2. The van der Waals surface area contributed by atoms with Crippen molar-refractivity contribution in [3.63, 3.8) is 0 Å². The zero-order valence-corrected chi connectivity index (χ0v) is 13.5. The monoisotopic (exact) mass is 304 g/mol. The third kappa shape index (κ3) is 3.42. The Morgan fingerprint density at radius 3 is 2.48 bits per heavy atom. The largest absolute Gasteiger partial charge is 0.368 e. The fraction of sp³-hybridized carbons (Fsp3) is 0.333. The van der Waals surface area contributed by atoms with E-state index in [1.165, 1.54) is 26.6 Å². The molecule has 110 valence electrons. The summed E-state index contributed by atoms with van der Waals surface area (Å²) in [6, 6.07) is 15.5. The smallest absolute Gasteiger partial charge is 0.0508 e. The number of benzene rings is 2. The van der Waals surface area contributed by atoms with Gasteiger partial charge in [0.1, 0.15) is 0 Å². The highest BCUT2D eigenvalue weighted by Crippen LogP contribution is 2.37. The summed E-state index contributed by atoms with van der Waals surface area (Å²) in [6.07, 6.45) is 0. The van der Waals surface area contributed by atoms with Gasteiger partial charge in [0.25, 0.3) is 0 Å². The van der Waals surface area contributed by atoms with Crippen molar-refractivity contribution in [2.45, 2.75) is 23.6 Å². The molecule has 3 heteroatoms. The highest BCUT2D eigenvalue weighted by Gasteiger charge is 2.14. The van der Waals surface area contributed by atoms with Crippen molar-refractivity contribution in [1.29, 1.82) is 0 Å². The molecule has 0 amide bonds. The Balaban J connectivity index is 1.88. The van der Waals surface area contributed by atoms with Gasteiger partial charge < -0.3 is 10.2 Å². The van der Waals surface area contributed by atoms with Gasteiger partial charge in [0.2, 0.25) is 0 Å². The molecule has 1 aliphatic heterocycles. The average molecular weight is 304 g/mol. The maximum atomic E-state index is 3.42. The summed E-state index contributed by atoms with van der Waals surface area (Å²) in [5.41, 5.74) is 4.05. The van der Waals surface area contributed by atoms with Crippen LogP contribution in [0.25, 0.3) is 0 Å². The second-order valence-electron chi connectivity index (χ2n) is 5.58. The standard InChI is InChI=1S/C18H22N2S/c1-14-7-8-17(15(2)13-14)21-18-6-4-3-5-16(18)20-11-9-19-10-12-20/h3-8,13,19H,9-12H2,1-2H3/i3+1,4+1,5+1,6+1,16+1,18+1. The first-order chi connectivity index (χ1) is 10.2. The Morgan fingerprint density at radius 1 is 0.952 bits per heavy atom. The molecule has 1 aliphatic rings. The topological polar surface area (TPSA) is 15.3 Å². The van der Waals surface area contributed by atoms with E-state index in [1.807, 2.05) is 11.8 Å². The fourth-order valence-electron chi connectivity index (χ4n) is 2.74. The first kappa shape index (κ1) is 14.5. The van der Waals surface area contributed by atoms with Gasteiger partial charge in [-0.1, -0.05) is 41.6 Å². The van der Waals surface area contributed by atoms with E-state index in [1.54, 1.807) is 0 Å². The van der Waals surface area contributed by atoms with E-state index in [0.717, 1.165) is 26.2 Å². The van der Waals surface area contributed by atoms with E-state index in [9.17, 15) is 0 Å². The number of para-hydroxylation sites is 1. The number of hydrogen-bond donors (Lipinski definition) is 1. The van der Waals surface area contributed by atoms with Crippen LogP contribution in [0, 0.1) is 13.8 Å².